The van der Waals surface area contributed by atoms with E-state index in [-0.39, 0.29) is 22.6 Å². The van der Waals surface area contributed by atoms with Gasteiger partial charge in [0, 0.05) is 19.2 Å². The Morgan fingerprint density at radius 1 is 0.842 bits per heavy atom. The van der Waals surface area contributed by atoms with Crippen molar-refractivity contribution in [3.8, 4) is 11.1 Å². The summed E-state index contributed by atoms with van der Waals surface area (Å²) in [5.41, 5.74) is 4.72. The summed E-state index contributed by atoms with van der Waals surface area (Å²) < 4.78 is 0. The Kier molecular flexibility index (Phi) is 6.98. The van der Waals surface area contributed by atoms with Crippen molar-refractivity contribution in [2.45, 2.75) is 18.2 Å². The quantitative estimate of drug-likeness (QED) is 0.337. The second-order valence-electron chi connectivity index (χ2n) is 9.23. The lowest BCUT2D eigenvalue weighted by atomic mass is 10.00. The first-order chi connectivity index (χ1) is 18.3. The molecule has 3 amide bonds. The number of carboxylic acids is 1. The Labute approximate surface area is 223 Å². The lowest BCUT2D eigenvalue weighted by Crippen LogP contribution is -2.26. The molecule has 0 bridgehead atoms. The maximum atomic E-state index is 13.1. The van der Waals surface area contributed by atoms with Crippen LogP contribution in [0.2, 0.25) is 0 Å². The Balaban J connectivity index is 1.27. The number of aromatic carboxylic acids is 1. The van der Waals surface area contributed by atoms with E-state index in [2.05, 4.69) is 5.32 Å². The molecule has 1 heterocycles. The fourth-order valence-electron chi connectivity index (χ4n) is 4.50. The number of imide groups is 1. The highest BCUT2D eigenvalue weighted by molar-refractivity contribution is 8.15. The molecule has 1 fully saturated rings. The highest BCUT2D eigenvalue weighted by Crippen LogP contribution is 2.26. The molecular weight excluding hydrogens is 500 g/mol. The van der Waals surface area contributed by atoms with Gasteiger partial charge in [0.05, 0.1) is 10.8 Å². The second-order valence-corrected chi connectivity index (χ2v) is 10.4. The van der Waals surface area contributed by atoms with Gasteiger partial charge in [0.2, 0.25) is 5.91 Å². The molecule has 1 aliphatic rings. The molecule has 0 radical (unpaired) electrons. The van der Waals surface area contributed by atoms with Crippen LogP contribution in [0.1, 0.15) is 31.8 Å². The van der Waals surface area contributed by atoms with Crippen molar-refractivity contribution in [1.82, 2.24) is 10.2 Å². The van der Waals surface area contributed by atoms with Crippen molar-refractivity contribution in [2.24, 2.45) is 0 Å². The minimum atomic E-state index is -0.986. The molecular formula is C30H24N2O5S. The lowest BCUT2D eigenvalue weighted by molar-refractivity contribution is -0.118. The van der Waals surface area contributed by atoms with Crippen LogP contribution in [0.15, 0.2) is 84.9 Å². The van der Waals surface area contributed by atoms with Crippen LogP contribution in [0.4, 0.5) is 4.79 Å². The van der Waals surface area contributed by atoms with Crippen LogP contribution in [-0.2, 0) is 17.8 Å². The smallest absolute Gasteiger partial charge is 0.335 e. The average molecular weight is 525 g/mol. The molecule has 1 unspecified atom stereocenters. The molecule has 2 N–H and O–H groups in total. The van der Waals surface area contributed by atoms with Crippen LogP contribution in [0.3, 0.4) is 0 Å². The van der Waals surface area contributed by atoms with Crippen molar-refractivity contribution in [1.29, 1.82) is 0 Å². The summed E-state index contributed by atoms with van der Waals surface area (Å²) in [6.07, 6.45) is 0.491. The van der Waals surface area contributed by atoms with Crippen molar-refractivity contribution in [3.63, 3.8) is 0 Å². The first-order valence-electron chi connectivity index (χ1n) is 12.0. The van der Waals surface area contributed by atoms with E-state index in [0.717, 1.165) is 44.8 Å². The van der Waals surface area contributed by atoms with Gasteiger partial charge >= 0.3 is 5.97 Å². The summed E-state index contributed by atoms with van der Waals surface area (Å²) in [6.45, 7) is 0.419. The lowest BCUT2D eigenvalue weighted by Gasteiger charge is -2.18. The van der Waals surface area contributed by atoms with Crippen LogP contribution in [-0.4, -0.2) is 45.3 Å². The van der Waals surface area contributed by atoms with Gasteiger partial charge in [0.15, 0.2) is 0 Å². The van der Waals surface area contributed by atoms with Crippen LogP contribution < -0.4 is 5.32 Å². The van der Waals surface area contributed by atoms with E-state index in [1.165, 1.54) is 6.07 Å². The first-order valence-corrected chi connectivity index (χ1v) is 12.9. The predicted octanol–water partition coefficient (Wildman–Crippen LogP) is 5.37. The standard InChI is InChI=1S/C30H24N2O5S/c1-32(28(34)24-11-9-23-16-25(29(35)36)12-10-22(23)15-24)17-19-3-2-4-21(13-19)20-7-5-18(6-8-20)14-26-27(33)31-30(37)38-26/h2-13,15-16,26H,14,17H2,1H3,(H,35,36)(H,31,33,37). The summed E-state index contributed by atoms with van der Waals surface area (Å²) in [7, 11) is 1.75. The number of nitrogens with zero attached hydrogens (tertiary/aromatic N) is 1. The fraction of sp³-hybridized carbons (Fsp3) is 0.133. The topological polar surface area (TPSA) is 104 Å². The molecule has 4 aromatic rings. The zero-order chi connectivity index (χ0) is 26.8. The number of fused-ring (bicyclic) bond motifs is 1. The molecule has 7 nitrogen and oxygen atoms in total. The van der Waals surface area contributed by atoms with E-state index < -0.39 is 11.2 Å². The number of amides is 3. The molecule has 0 aliphatic carbocycles. The molecule has 1 saturated heterocycles. The summed E-state index contributed by atoms with van der Waals surface area (Å²) in [4.78, 5) is 49.2. The molecule has 4 aromatic carbocycles. The van der Waals surface area contributed by atoms with Gasteiger partial charge < -0.3 is 10.0 Å². The van der Waals surface area contributed by atoms with Gasteiger partial charge in [-0.15, -0.1) is 0 Å². The molecule has 1 atom stereocenters. The number of nitrogens with one attached hydrogen (secondary N) is 1. The second kappa shape index (κ2) is 10.5. The summed E-state index contributed by atoms with van der Waals surface area (Å²) in [5.74, 6) is -1.36. The zero-order valence-corrected chi connectivity index (χ0v) is 21.3. The van der Waals surface area contributed by atoms with Gasteiger partial charge in [0.1, 0.15) is 0 Å². The van der Waals surface area contributed by atoms with Gasteiger partial charge in [-0.1, -0.05) is 66.4 Å². The summed E-state index contributed by atoms with van der Waals surface area (Å²) >= 11 is 1.03. The van der Waals surface area contributed by atoms with E-state index in [9.17, 15) is 24.3 Å². The molecule has 38 heavy (non-hydrogen) atoms. The van der Waals surface area contributed by atoms with Crippen molar-refractivity contribution < 1.29 is 24.3 Å². The third-order valence-electron chi connectivity index (χ3n) is 6.50. The highest BCUT2D eigenvalue weighted by Gasteiger charge is 2.31. The van der Waals surface area contributed by atoms with Crippen LogP contribution in [0.5, 0.6) is 0 Å². The van der Waals surface area contributed by atoms with Crippen LogP contribution >= 0.6 is 11.8 Å². The van der Waals surface area contributed by atoms with E-state index in [4.69, 9.17) is 0 Å². The molecule has 8 heteroatoms. The maximum absolute atomic E-state index is 13.1. The number of benzene rings is 4. The van der Waals surface area contributed by atoms with E-state index >= 15 is 0 Å². The number of carboxylic acid groups (broad SMARTS) is 1. The van der Waals surface area contributed by atoms with E-state index in [0.29, 0.717) is 18.5 Å². The number of carbonyl (C=O) groups is 4. The number of thioether (sulfide) groups is 1. The number of hydrogen-bond acceptors (Lipinski definition) is 5. The van der Waals surface area contributed by atoms with Gasteiger partial charge in [-0.25, -0.2) is 4.79 Å². The number of carbonyl (C=O) groups excluding carboxylic acids is 3. The van der Waals surface area contributed by atoms with Crippen LogP contribution in [0, 0.1) is 0 Å². The fourth-order valence-corrected chi connectivity index (χ4v) is 5.36. The molecule has 0 saturated carbocycles. The SMILES string of the molecule is CN(Cc1cccc(-c2ccc(CC3SC(=O)NC3=O)cc2)c1)C(=O)c1ccc2cc(C(=O)O)ccc2c1. The summed E-state index contributed by atoms with van der Waals surface area (Å²) in [6, 6.07) is 26.0. The molecule has 1 aliphatic heterocycles. The van der Waals surface area contributed by atoms with Gasteiger partial charge in [-0.05, 0) is 69.8 Å². The Hall–Kier alpha value is -4.43. The first kappa shape index (κ1) is 25.2. The Morgan fingerprint density at radius 2 is 1.53 bits per heavy atom. The third kappa shape index (κ3) is 5.45. The van der Waals surface area contributed by atoms with E-state index in [1.54, 1.807) is 42.3 Å². The Morgan fingerprint density at radius 3 is 2.18 bits per heavy atom. The minimum absolute atomic E-state index is 0.128. The van der Waals surface area contributed by atoms with Gasteiger partial charge in [-0.3, -0.25) is 19.7 Å². The summed E-state index contributed by atoms with van der Waals surface area (Å²) in [5, 5.41) is 12.4. The van der Waals surface area contributed by atoms with Crippen molar-refractivity contribution >= 4 is 45.6 Å². The predicted molar refractivity (Wildman–Crippen MR) is 147 cm³/mol. The molecule has 0 aromatic heterocycles. The number of hydrogen-bond donors (Lipinski definition) is 2. The highest BCUT2D eigenvalue weighted by atomic mass is 32.2. The van der Waals surface area contributed by atoms with Gasteiger partial charge in [0.25, 0.3) is 11.1 Å². The zero-order valence-electron chi connectivity index (χ0n) is 20.5. The van der Waals surface area contributed by atoms with Crippen molar-refractivity contribution in [2.75, 3.05) is 7.05 Å². The monoisotopic (exact) mass is 524 g/mol. The maximum Gasteiger partial charge on any atom is 0.335 e. The molecule has 5 rings (SSSR count). The van der Waals surface area contributed by atoms with Gasteiger partial charge in [-0.2, -0.15) is 0 Å². The molecule has 0 spiro atoms. The Bertz CT molecular complexity index is 1580. The average Bonchev–Trinajstić information content (AvgIpc) is 3.24. The molecule has 190 valence electrons. The minimum Gasteiger partial charge on any atom is -0.478 e. The van der Waals surface area contributed by atoms with E-state index in [1.807, 2.05) is 48.5 Å². The largest absolute Gasteiger partial charge is 0.478 e. The normalized spacial score (nSPS) is 14.9. The van der Waals surface area contributed by atoms with Crippen molar-refractivity contribution in [3.05, 3.63) is 107 Å². The third-order valence-corrected chi connectivity index (χ3v) is 7.48. The van der Waals surface area contributed by atoms with Crippen LogP contribution in [0.25, 0.3) is 21.9 Å². The number of rotatable bonds is 7.